The molecular weight excluding hydrogens is 299 g/mol. The number of aromatic nitrogens is 1. The number of halogens is 2. The molecule has 0 spiro atoms. The van der Waals surface area contributed by atoms with E-state index in [4.69, 9.17) is 28.3 Å². The van der Waals surface area contributed by atoms with Crippen LogP contribution in [0.3, 0.4) is 0 Å². The first kappa shape index (κ1) is 14.6. The second-order valence-corrected chi connectivity index (χ2v) is 5.10. The summed E-state index contributed by atoms with van der Waals surface area (Å²) in [6.45, 7) is 0.549. The highest BCUT2D eigenvalue weighted by molar-refractivity contribution is 6.35. The van der Waals surface area contributed by atoms with Gasteiger partial charge in [-0.25, -0.2) is 9.78 Å². The molecule has 0 aliphatic heterocycles. The molecule has 1 N–H and O–H groups in total. The summed E-state index contributed by atoms with van der Waals surface area (Å²) < 4.78 is 0. The van der Waals surface area contributed by atoms with E-state index in [-0.39, 0.29) is 10.6 Å². The quantitative estimate of drug-likeness (QED) is 0.935. The van der Waals surface area contributed by atoms with Crippen molar-refractivity contribution in [2.45, 2.75) is 6.54 Å². The average Bonchev–Trinajstić information content (AvgIpc) is 2.41. The average molecular weight is 311 g/mol. The van der Waals surface area contributed by atoms with Crippen LogP contribution in [0, 0.1) is 0 Å². The van der Waals surface area contributed by atoms with Crippen LogP contribution in [0.2, 0.25) is 10.0 Å². The lowest BCUT2D eigenvalue weighted by atomic mass is 10.2. The standard InChI is InChI=1S/C14H12Cl2N2O2/c1-18(8-9-2-4-10(15)5-3-9)13-12(16)11(14(19)20)6-7-17-13/h2-7H,8H2,1H3,(H,19,20). The van der Waals surface area contributed by atoms with Crippen molar-refractivity contribution in [1.29, 1.82) is 0 Å². The summed E-state index contributed by atoms with van der Waals surface area (Å²) in [4.78, 5) is 17.0. The molecule has 1 heterocycles. The van der Waals surface area contributed by atoms with Crippen LogP contribution in [0.25, 0.3) is 0 Å². The third-order valence-corrected chi connectivity index (χ3v) is 3.42. The molecule has 0 bridgehead atoms. The number of anilines is 1. The van der Waals surface area contributed by atoms with Crippen LogP contribution in [0.5, 0.6) is 0 Å². The summed E-state index contributed by atoms with van der Waals surface area (Å²) in [6.07, 6.45) is 1.43. The largest absolute Gasteiger partial charge is 0.478 e. The minimum absolute atomic E-state index is 0.0413. The maximum atomic E-state index is 11.0. The van der Waals surface area contributed by atoms with Crippen LogP contribution in [0.4, 0.5) is 5.82 Å². The second-order valence-electron chi connectivity index (χ2n) is 4.28. The topological polar surface area (TPSA) is 53.4 Å². The first-order chi connectivity index (χ1) is 9.49. The summed E-state index contributed by atoms with van der Waals surface area (Å²) in [5, 5.41) is 9.85. The molecule has 6 heteroatoms. The van der Waals surface area contributed by atoms with E-state index in [1.807, 2.05) is 12.1 Å². The number of hydrogen-bond acceptors (Lipinski definition) is 3. The molecule has 0 radical (unpaired) electrons. The Labute approximate surface area is 126 Å². The number of carbonyl (C=O) groups is 1. The number of benzene rings is 1. The van der Waals surface area contributed by atoms with Crippen molar-refractivity contribution < 1.29 is 9.90 Å². The van der Waals surface area contributed by atoms with Gasteiger partial charge in [-0.2, -0.15) is 0 Å². The van der Waals surface area contributed by atoms with E-state index in [9.17, 15) is 4.79 Å². The van der Waals surface area contributed by atoms with Gasteiger partial charge in [0, 0.05) is 24.8 Å². The SMILES string of the molecule is CN(Cc1ccc(Cl)cc1)c1nccc(C(=O)O)c1Cl. The summed E-state index contributed by atoms with van der Waals surface area (Å²) in [6, 6.07) is 8.77. The fourth-order valence-electron chi connectivity index (χ4n) is 1.80. The Morgan fingerprint density at radius 1 is 1.25 bits per heavy atom. The molecule has 0 saturated carbocycles. The van der Waals surface area contributed by atoms with Crippen LogP contribution >= 0.6 is 23.2 Å². The van der Waals surface area contributed by atoms with Crippen molar-refractivity contribution >= 4 is 35.0 Å². The molecule has 0 amide bonds. The number of nitrogens with zero attached hydrogens (tertiary/aromatic N) is 2. The molecule has 1 aromatic heterocycles. The summed E-state index contributed by atoms with van der Waals surface area (Å²) in [7, 11) is 1.80. The van der Waals surface area contributed by atoms with Crippen molar-refractivity contribution in [3.05, 3.63) is 57.7 Å². The smallest absolute Gasteiger partial charge is 0.337 e. The third-order valence-electron chi connectivity index (χ3n) is 2.80. The van der Waals surface area contributed by atoms with E-state index < -0.39 is 5.97 Å². The van der Waals surface area contributed by atoms with Gasteiger partial charge in [0.1, 0.15) is 5.82 Å². The molecule has 4 nitrogen and oxygen atoms in total. The number of carboxylic acids is 1. The molecule has 0 unspecified atom stereocenters. The van der Waals surface area contributed by atoms with E-state index in [0.717, 1.165) is 5.56 Å². The Balaban J connectivity index is 2.25. The number of rotatable bonds is 4. The number of carboxylic acid groups (broad SMARTS) is 1. The number of aromatic carboxylic acids is 1. The molecular formula is C14H12Cl2N2O2. The Hall–Kier alpha value is -1.78. The van der Waals surface area contributed by atoms with Gasteiger partial charge < -0.3 is 10.0 Å². The van der Waals surface area contributed by atoms with Gasteiger partial charge in [-0.1, -0.05) is 35.3 Å². The molecule has 0 aliphatic rings. The summed E-state index contributed by atoms with van der Waals surface area (Å²) in [5.74, 6) is -0.639. The minimum atomic E-state index is -1.07. The number of pyridine rings is 1. The predicted octanol–water partition coefficient (Wildman–Crippen LogP) is 3.72. The number of hydrogen-bond donors (Lipinski definition) is 1. The van der Waals surface area contributed by atoms with Crippen LogP contribution in [0.15, 0.2) is 36.5 Å². The third kappa shape index (κ3) is 3.21. The van der Waals surface area contributed by atoms with Crippen molar-refractivity contribution in [1.82, 2.24) is 4.98 Å². The Morgan fingerprint density at radius 2 is 1.90 bits per heavy atom. The van der Waals surface area contributed by atoms with Gasteiger partial charge in [0.15, 0.2) is 0 Å². The molecule has 0 fully saturated rings. The molecule has 0 aliphatic carbocycles. The second kappa shape index (κ2) is 6.11. The van der Waals surface area contributed by atoms with Crippen molar-refractivity contribution in [3.8, 4) is 0 Å². The van der Waals surface area contributed by atoms with Crippen LogP contribution in [-0.4, -0.2) is 23.1 Å². The van der Waals surface area contributed by atoms with Gasteiger partial charge >= 0.3 is 5.97 Å². The van der Waals surface area contributed by atoms with Crippen LogP contribution in [-0.2, 0) is 6.54 Å². The molecule has 2 aromatic rings. The van der Waals surface area contributed by atoms with Crippen LogP contribution in [0.1, 0.15) is 15.9 Å². The lowest BCUT2D eigenvalue weighted by molar-refractivity contribution is 0.0697. The fourth-order valence-corrected chi connectivity index (χ4v) is 2.27. The van der Waals surface area contributed by atoms with Gasteiger partial charge in [0.2, 0.25) is 0 Å². The highest BCUT2D eigenvalue weighted by Crippen LogP contribution is 2.27. The normalized spacial score (nSPS) is 10.3. The minimum Gasteiger partial charge on any atom is -0.478 e. The van der Waals surface area contributed by atoms with Gasteiger partial charge in [-0.3, -0.25) is 0 Å². The zero-order chi connectivity index (χ0) is 14.7. The van der Waals surface area contributed by atoms with Crippen molar-refractivity contribution in [2.24, 2.45) is 0 Å². The summed E-state index contributed by atoms with van der Waals surface area (Å²) >= 11 is 11.9. The van der Waals surface area contributed by atoms with Gasteiger partial charge in [0.25, 0.3) is 0 Å². The molecule has 1 aromatic carbocycles. The van der Waals surface area contributed by atoms with E-state index in [1.165, 1.54) is 12.3 Å². The predicted molar refractivity (Wildman–Crippen MR) is 79.8 cm³/mol. The van der Waals surface area contributed by atoms with Gasteiger partial charge in [-0.15, -0.1) is 0 Å². The van der Waals surface area contributed by atoms with Gasteiger partial charge in [-0.05, 0) is 23.8 Å². The van der Waals surface area contributed by atoms with Crippen molar-refractivity contribution in [3.63, 3.8) is 0 Å². The van der Waals surface area contributed by atoms with E-state index in [1.54, 1.807) is 24.1 Å². The zero-order valence-electron chi connectivity index (χ0n) is 10.7. The lowest BCUT2D eigenvalue weighted by Gasteiger charge is -2.20. The van der Waals surface area contributed by atoms with Crippen molar-refractivity contribution in [2.75, 3.05) is 11.9 Å². The lowest BCUT2D eigenvalue weighted by Crippen LogP contribution is -2.19. The van der Waals surface area contributed by atoms with Gasteiger partial charge in [0.05, 0.1) is 10.6 Å². The Kier molecular flexibility index (Phi) is 4.47. The van der Waals surface area contributed by atoms with E-state index >= 15 is 0 Å². The Bertz CT molecular complexity index is 630. The molecule has 0 atom stereocenters. The molecule has 0 saturated heterocycles. The molecule has 104 valence electrons. The summed E-state index contributed by atoms with van der Waals surface area (Å²) in [5.41, 5.74) is 1.06. The van der Waals surface area contributed by atoms with E-state index in [0.29, 0.717) is 17.4 Å². The fraction of sp³-hybridized carbons (Fsp3) is 0.143. The highest BCUT2D eigenvalue weighted by atomic mass is 35.5. The Morgan fingerprint density at radius 3 is 2.50 bits per heavy atom. The van der Waals surface area contributed by atoms with Crippen LogP contribution < -0.4 is 4.90 Å². The first-order valence-corrected chi connectivity index (χ1v) is 6.58. The zero-order valence-corrected chi connectivity index (χ0v) is 12.2. The molecule has 2 rings (SSSR count). The maximum absolute atomic E-state index is 11.0. The van der Waals surface area contributed by atoms with E-state index in [2.05, 4.69) is 4.98 Å². The highest BCUT2D eigenvalue weighted by Gasteiger charge is 2.16. The maximum Gasteiger partial charge on any atom is 0.337 e. The first-order valence-electron chi connectivity index (χ1n) is 5.82. The molecule has 20 heavy (non-hydrogen) atoms. The monoisotopic (exact) mass is 310 g/mol.